The van der Waals surface area contributed by atoms with Gasteiger partial charge in [0.05, 0.1) is 73.0 Å². The number of aromatic amines is 1. The third-order valence-electron chi connectivity index (χ3n) is 19.7. The Kier molecular flexibility index (Phi) is 23.5. The lowest BCUT2D eigenvalue weighted by Crippen LogP contribution is -2.04. The number of aliphatic hydroxyl groups is 1. The van der Waals surface area contributed by atoms with Gasteiger partial charge in [0, 0.05) is 43.6 Å². The molecule has 19 rings (SSSR count). The maximum atomic E-state index is 11.9. The van der Waals surface area contributed by atoms with Gasteiger partial charge in [-0.25, -0.2) is 9.59 Å². The lowest BCUT2D eigenvalue weighted by Gasteiger charge is -2.04. The van der Waals surface area contributed by atoms with E-state index in [2.05, 4.69) is 233 Å². The van der Waals surface area contributed by atoms with Crippen LogP contribution in [0.2, 0.25) is 0 Å². The fraction of sp³-hybridized carbons (Fsp3) is 0.112. The molecule has 0 atom stereocenters. The van der Waals surface area contributed by atoms with Gasteiger partial charge in [-0.1, -0.05) is 284 Å². The van der Waals surface area contributed by atoms with E-state index in [1.807, 2.05) is 125 Å². The molecule has 0 amide bonds. The number of esters is 2. The number of methoxy groups -OCH3 is 1. The van der Waals surface area contributed by atoms with Crippen LogP contribution in [0.5, 0.6) is 0 Å². The van der Waals surface area contributed by atoms with Gasteiger partial charge >= 0.3 is 11.9 Å². The van der Waals surface area contributed by atoms with Crippen molar-refractivity contribution in [1.29, 1.82) is 0 Å². The second kappa shape index (κ2) is 35.6. The maximum absolute atomic E-state index is 11.9. The number of furan rings is 2. The van der Waals surface area contributed by atoms with Crippen LogP contribution < -0.4 is 0 Å². The fourth-order valence-corrected chi connectivity index (χ4v) is 13.8. The highest BCUT2D eigenvalue weighted by molar-refractivity contribution is 5.98. The van der Waals surface area contributed by atoms with E-state index in [0.717, 1.165) is 74.1 Å². The summed E-state index contributed by atoms with van der Waals surface area (Å²) in [4.78, 5) is 23.2. The molecule has 0 saturated carbocycles. The van der Waals surface area contributed by atoms with E-state index in [4.69, 9.17) is 34.0 Å². The number of hydrogen-bond donors (Lipinski definition) is 2. The van der Waals surface area contributed by atoms with Gasteiger partial charge in [-0.05, 0) is 117 Å². The van der Waals surface area contributed by atoms with Gasteiger partial charge in [-0.3, -0.25) is 23.8 Å². The summed E-state index contributed by atoms with van der Waals surface area (Å²) in [6, 6.07) is 112. The number of H-pyrrole nitrogens is 1. The molecule has 0 fully saturated rings. The summed E-state index contributed by atoms with van der Waals surface area (Å²) in [5, 5.41) is 41.2. The molecule has 7 heterocycles. The molecule has 0 bridgehead atoms. The van der Waals surface area contributed by atoms with Crippen molar-refractivity contribution in [2.45, 2.75) is 60.5 Å². The van der Waals surface area contributed by atoms with E-state index >= 15 is 0 Å². The molecular formula is C98H84N10O7. The molecule has 17 nitrogen and oxygen atoms in total. The van der Waals surface area contributed by atoms with Crippen molar-refractivity contribution in [2.24, 2.45) is 0 Å². The Morgan fingerprint density at radius 3 is 1.11 bits per heavy atom. The number of rotatable bonds is 17. The van der Waals surface area contributed by atoms with Crippen LogP contribution in [-0.4, -0.2) is 80.1 Å². The van der Waals surface area contributed by atoms with E-state index < -0.39 is 5.97 Å². The van der Waals surface area contributed by atoms with Gasteiger partial charge < -0.3 is 23.4 Å². The van der Waals surface area contributed by atoms with Crippen molar-refractivity contribution in [3.8, 4) is 56.7 Å². The second-order valence-corrected chi connectivity index (χ2v) is 27.8. The molecule has 0 unspecified atom stereocenters. The summed E-state index contributed by atoms with van der Waals surface area (Å²) < 4.78 is 29.0. The zero-order chi connectivity index (χ0) is 79.0. The molecule has 2 N–H and O–H groups in total. The number of carbonyl (C=O) groups excluding carboxylic acids is 2. The van der Waals surface area contributed by atoms with Crippen molar-refractivity contribution in [3.05, 3.63) is 390 Å². The van der Waals surface area contributed by atoms with Crippen molar-refractivity contribution in [3.63, 3.8) is 0 Å². The molecule has 19 aromatic rings. The lowest BCUT2D eigenvalue weighted by atomic mass is 10.1. The molecule has 0 saturated heterocycles. The van der Waals surface area contributed by atoms with E-state index in [1.165, 1.54) is 79.0 Å². The highest BCUT2D eigenvalue weighted by atomic mass is 16.5. The minimum absolute atomic E-state index is 0.108. The Morgan fingerprint density at radius 2 is 0.704 bits per heavy atom. The molecule has 115 heavy (non-hydrogen) atoms. The topological polar surface area (TPSA) is 199 Å². The minimum Gasteiger partial charge on any atom is -0.463 e. The Morgan fingerprint density at radius 1 is 0.357 bits per heavy atom. The van der Waals surface area contributed by atoms with Gasteiger partial charge in [-0.2, -0.15) is 25.5 Å². The zero-order valence-corrected chi connectivity index (χ0v) is 64.4. The monoisotopic (exact) mass is 1510 g/mol. The molecule has 7 aromatic heterocycles. The van der Waals surface area contributed by atoms with Crippen LogP contribution in [0, 0.1) is 20.8 Å². The van der Waals surface area contributed by atoms with E-state index in [9.17, 15) is 14.7 Å². The molecule has 17 heteroatoms. The van der Waals surface area contributed by atoms with Crippen LogP contribution in [0.3, 0.4) is 0 Å². The Labute approximate surface area is 665 Å². The second-order valence-electron chi connectivity index (χ2n) is 27.8. The number of nitrogens with one attached hydrogen (secondary N) is 1. The molecule has 0 radical (unpaired) electrons. The smallest absolute Gasteiger partial charge is 0.373 e. The summed E-state index contributed by atoms with van der Waals surface area (Å²) in [5.41, 5.74) is 22.5. The first-order chi connectivity index (χ1) is 56.4. The summed E-state index contributed by atoms with van der Waals surface area (Å²) in [6.07, 6.45) is 0. The molecular weight excluding hydrogens is 1430 g/mol. The van der Waals surface area contributed by atoms with Crippen LogP contribution in [0.25, 0.3) is 111 Å². The highest BCUT2D eigenvalue weighted by Crippen LogP contribution is 2.35. The van der Waals surface area contributed by atoms with Crippen LogP contribution in [0.15, 0.2) is 342 Å². The summed E-state index contributed by atoms with van der Waals surface area (Å²) in [7, 11) is 1.31. The van der Waals surface area contributed by atoms with Crippen molar-refractivity contribution < 1.29 is 33.0 Å². The molecule has 0 aliphatic heterocycles. The number of carbonyl (C=O) groups is 2. The molecule has 0 aliphatic rings. The number of para-hydroxylation sites is 5. The third kappa shape index (κ3) is 17.8. The maximum Gasteiger partial charge on any atom is 0.373 e. The van der Waals surface area contributed by atoms with E-state index in [1.54, 1.807) is 37.3 Å². The van der Waals surface area contributed by atoms with Gasteiger partial charge in [0.15, 0.2) is 11.5 Å². The zero-order valence-electron chi connectivity index (χ0n) is 64.4. The van der Waals surface area contributed by atoms with E-state index in [-0.39, 0.29) is 18.3 Å². The molecule has 0 spiro atoms. The number of ether oxygens (including phenoxy) is 2. The Hall–Kier alpha value is -14.6. The first kappa shape index (κ1) is 75.8. The first-order valence-electron chi connectivity index (χ1n) is 38.1. The molecule has 568 valence electrons. The number of aliphatic hydroxyl groups excluding tert-OH is 1. The average Bonchev–Trinajstić information content (AvgIpc) is 1.42. The van der Waals surface area contributed by atoms with Crippen LogP contribution >= 0.6 is 0 Å². The van der Waals surface area contributed by atoms with Gasteiger partial charge in [0.25, 0.3) is 0 Å². The number of nitrogens with zero attached hydrogens (tertiary/aromatic N) is 9. The predicted octanol–water partition coefficient (Wildman–Crippen LogP) is 21.8. The molecule has 12 aromatic carbocycles. The van der Waals surface area contributed by atoms with Crippen LogP contribution in [0.4, 0.5) is 0 Å². The van der Waals surface area contributed by atoms with Crippen molar-refractivity contribution in [1.82, 2.24) is 49.3 Å². The minimum atomic E-state index is -0.499. The normalized spacial score (nSPS) is 11.0. The van der Waals surface area contributed by atoms with Gasteiger partial charge in [-0.15, -0.1) is 0 Å². The summed E-state index contributed by atoms with van der Waals surface area (Å²) in [6.45, 7) is 11.4. The van der Waals surface area contributed by atoms with Crippen LogP contribution in [-0.2, 0) is 42.3 Å². The van der Waals surface area contributed by atoms with E-state index in [0.29, 0.717) is 48.2 Å². The highest BCUT2D eigenvalue weighted by Gasteiger charge is 2.20. The molecule has 0 aliphatic carbocycles. The van der Waals surface area contributed by atoms with Crippen molar-refractivity contribution in [2.75, 3.05) is 13.7 Å². The number of hydrogen-bond acceptors (Lipinski definition) is 12. The van der Waals surface area contributed by atoms with Crippen molar-refractivity contribution >= 4 is 66.5 Å². The standard InChI is InChI=1S/C23H20N2O2.C22H20N2.C21H18N2.C19H16N2O2.C13H10N2O3/c1-2-27-23(26)19-14-12-18(13-15-19)22-20-10-6-7-11-21(20)25(24-22)16-17-8-4-3-5-9-17;1-16-7-11-18(12-8-16)15-24-21-6-4-3-5-20(21)22(23-24)19-13-9-17(2)10-14-19;1-16-11-13-18(14-12-16)21-19-9-5-6-10-20(19)23(22-21)15-17-7-3-2-4-8-17;22-13-15-10-11-18(23-15)19-16-8-4-5-9-17(16)21(20-19)12-14-6-2-1-3-7-14;1-17-13(16)11-7-6-10(18-11)12-8-4-2-3-5-9(8)14-15-12/h3-15H,2,16H2,1H3;3-14H,15H2,1-2H3;2-14H,15H2,1H3;1-11,22H,12-13H2;2-7H,1H3,(H,14,15). The first-order valence-corrected chi connectivity index (χ1v) is 38.1. The summed E-state index contributed by atoms with van der Waals surface area (Å²) >= 11 is 0. The predicted molar refractivity (Wildman–Crippen MR) is 456 cm³/mol. The number of benzene rings is 12. The van der Waals surface area contributed by atoms with Gasteiger partial charge in [0.2, 0.25) is 5.76 Å². The summed E-state index contributed by atoms with van der Waals surface area (Å²) in [5.74, 6) is 1.12. The average molecular weight is 1510 g/mol. The third-order valence-corrected chi connectivity index (χ3v) is 19.7. The Bertz CT molecular complexity index is 6450. The lowest BCUT2D eigenvalue weighted by molar-refractivity contribution is 0.0524. The quantitative estimate of drug-likeness (QED) is 0.0819. The van der Waals surface area contributed by atoms with Gasteiger partial charge in [0.1, 0.15) is 40.8 Å². The van der Waals surface area contributed by atoms with Crippen LogP contribution in [0.1, 0.15) is 72.5 Å². The largest absolute Gasteiger partial charge is 0.463 e. The number of aromatic nitrogens is 10. The number of aryl methyl sites for hydroxylation is 3. The SMILES string of the molecule is CCOC(=O)c1ccc(-c2nn(Cc3ccccc3)c3ccccc23)cc1.COC(=O)c1ccc(-c2n[nH]c3ccccc23)o1.Cc1ccc(-c2nn(Cc3ccccc3)c3ccccc23)cc1.Cc1ccc(Cn2nc(-c3ccc(C)cc3)c3ccccc32)cc1.OCc1ccc(-c2nn(Cc3ccccc3)c3ccccc23)o1. The number of fused-ring (bicyclic) bond motifs is 5. The fourth-order valence-electron chi connectivity index (χ4n) is 13.8. The Balaban J connectivity index is 0.000000114.